The molecule has 0 bridgehead atoms. The molecule has 1 aliphatic heterocycles. The number of fused-ring (bicyclic) bond motifs is 6. The maximum Gasteiger partial charge on any atom is 0.340 e. The topological polar surface area (TPSA) is 102 Å². The Labute approximate surface area is 294 Å². The fourth-order valence-electron chi connectivity index (χ4n) is 6.40. The van der Waals surface area contributed by atoms with E-state index in [0.717, 1.165) is 25.7 Å². The predicted octanol–water partition coefficient (Wildman–Crippen LogP) is 8.94. The summed E-state index contributed by atoms with van der Waals surface area (Å²) < 4.78 is 12.2. The Bertz CT molecular complexity index is 1810. The largest absolute Gasteiger partial charge is 0.441 e. The van der Waals surface area contributed by atoms with Crippen LogP contribution in [0.25, 0.3) is 0 Å². The van der Waals surface area contributed by atoms with E-state index in [1.54, 1.807) is 58.0 Å². The van der Waals surface area contributed by atoms with E-state index in [1.165, 1.54) is 0 Å². The number of ether oxygens (including phenoxy) is 2. The molecule has 3 aromatic rings. The summed E-state index contributed by atoms with van der Waals surface area (Å²) in [6.07, 6.45) is 3.22. The third kappa shape index (κ3) is 5.93. The number of hydrogen-bond donors (Lipinski definition) is 2. The van der Waals surface area contributed by atoms with E-state index >= 15 is 0 Å². The minimum Gasteiger partial charge on any atom is -0.441 e. The van der Waals surface area contributed by atoms with Gasteiger partial charge in [0.05, 0.1) is 21.0 Å². The molecule has 1 unspecified atom stereocenters. The summed E-state index contributed by atoms with van der Waals surface area (Å²) in [6.45, 7) is 11.4. The number of amides is 1. The monoisotopic (exact) mass is 719 g/mol. The van der Waals surface area contributed by atoms with Gasteiger partial charge in [0.15, 0.2) is 11.4 Å². The van der Waals surface area contributed by atoms with E-state index in [2.05, 4.69) is 5.32 Å². The van der Waals surface area contributed by atoms with Crippen LogP contribution < -0.4 is 10.1 Å². The van der Waals surface area contributed by atoms with E-state index in [-0.39, 0.29) is 33.9 Å². The fraction of sp³-hybridized carbons (Fsp3) is 0.417. The van der Waals surface area contributed by atoms with Crippen molar-refractivity contribution in [1.29, 1.82) is 0 Å². The summed E-state index contributed by atoms with van der Waals surface area (Å²) in [4.78, 5) is 40.1. The number of nitrogens with one attached hydrogen (secondary N) is 1. The standard InChI is InChI=1S/C36H37Cl4NO6/c1-18-24(37)16-22-26(28(18)39)35(5,6)27-23(17-25(38)30(29(27)40)46-33(45)34(2,3)4)36(22)21-15-19(11-12-20(21)32(44)47-36)31(43)41-13-9-7-8-10-14-42/h11-12,15-17,42H,7-10,13-14H2,1-6H3,(H,41,43). The SMILES string of the molecule is Cc1c(Cl)cc2c(c1Cl)C(C)(C)c1c(cc(Cl)c(OC(=O)C(C)(C)C)c1Cl)C21OC(=O)c2ccc(C(=O)NCCCCCCO)cc21. The van der Waals surface area contributed by atoms with Crippen LogP contribution in [-0.4, -0.2) is 36.1 Å². The van der Waals surface area contributed by atoms with Gasteiger partial charge in [0.25, 0.3) is 5.91 Å². The summed E-state index contributed by atoms with van der Waals surface area (Å²) in [6, 6.07) is 8.13. The normalized spacial score (nSPS) is 17.6. The van der Waals surface area contributed by atoms with Crippen LogP contribution in [-0.2, 0) is 20.5 Å². The summed E-state index contributed by atoms with van der Waals surface area (Å²) in [7, 11) is 0. The molecule has 2 N–H and O–H groups in total. The highest BCUT2D eigenvalue weighted by atomic mass is 35.5. The van der Waals surface area contributed by atoms with Crippen LogP contribution in [0, 0.1) is 12.3 Å². The van der Waals surface area contributed by atoms with Crippen molar-refractivity contribution in [3.05, 3.63) is 94.9 Å². The first-order chi connectivity index (χ1) is 22.0. The summed E-state index contributed by atoms with van der Waals surface area (Å²) in [5.74, 6) is -1.48. The number of aliphatic hydroxyl groups is 1. The molecule has 0 saturated heterocycles. The lowest BCUT2D eigenvalue weighted by Gasteiger charge is -2.46. The zero-order valence-corrected chi connectivity index (χ0v) is 30.2. The minimum atomic E-state index is -1.64. The van der Waals surface area contributed by atoms with Crippen molar-refractivity contribution in [3.63, 3.8) is 0 Å². The highest BCUT2D eigenvalue weighted by molar-refractivity contribution is 6.39. The molecular weight excluding hydrogens is 684 g/mol. The Balaban J connectivity index is 1.75. The zero-order valence-electron chi connectivity index (χ0n) is 27.1. The van der Waals surface area contributed by atoms with Crippen molar-refractivity contribution in [3.8, 4) is 5.75 Å². The van der Waals surface area contributed by atoms with Crippen LogP contribution >= 0.6 is 46.4 Å². The predicted molar refractivity (Wildman–Crippen MR) is 185 cm³/mol. The fourth-order valence-corrected chi connectivity index (χ4v) is 7.86. The van der Waals surface area contributed by atoms with Crippen LogP contribution in [0.15, 0.2) is 30.3 Å². The van der Waals surface area contributed by atoms with Gasteiger partial charge in [-0.3, -0.25) is 9.59 Å². The van der Waals surface area contributed by atoms with Gasteiger partial charge < -0.3 is 19.9 Å². The van der Waals surface area contributed by atoms with Gasteiger partial charge >= 0.3 is 11.9 Å². The van der Waals surface area contributed by atoms with Crippen molar-refractivity contribution in [2.75, 3.05) is 13.2 Å². The molecule has 0 saturated carbocycles. The van der Waals surface area contributed by atoms with Crippen molar-refractivity contribution in [2.45, 2.75) is 78.2 Å². The number of hydrogen-bond acceptors (Lipinski definition) is 6. The lowest BCUT2D eigenvalue weighted by atomic mass is 9.61. The lowest BCUT2D eigenvalue weighted by Crippen LogP contribution is -2.42. The van der Waals surface area contributed by atoms with E-state index in [4.69, 9.17) is 61.0 Å². The molecule has 250 valence electrons. The molecular formula is C36H37Cl4NO6. The lowest BCUT2D eigenvalue weighted by molar-refractivity contribution is -0.143. The number of esters is 2. The molecule has 0 radical (unpaired) electrons. The second-order valence-electron chi connectivity index (χ2n) is 13.6. The first-order valence-electron chi connectivity index (χ1n) is 15.5. The van der Waals surface area contributed by atoms with Gasteiger partial charge in [0.1, 0.15) is 0 Å². The summed E-state index contributed by atoms with van der Waals surface area (Å²) >= 11 is 27.8. The second kappa shape index (κ2) is 12.9. The smallest absolute Gasteiger partial charge is 0.340 e. The maximum atomic E-state index is 13.7. The third-order valence-electron chi connectivity index (χ3n) is 8.94. The Kier molecular flexibility index (Phi) is 9.74. The van der Waals surface area contributed by atoms with Gasteiger partial charge in [0.2, 0.25) is 0 Å². The molecule has 3 aromatic carbocycles. The molecule has 0 fully saturated rings. The first-order valence-corrected chi connectivity index (χ1v) is 17.0. The Morgan fingerprint density at radius 1 is 0.894 bits per heavy atom. The number of benzene rings is 3. The Hall–Kier alpha value is -2.81. The van der Waals surface area contributed by atoms with E-state index in [0.29, 0.717) is 55.5 Å². The van der Waals surface area contributed by atoms with Crippen molar-refractivity contribution >= 4 is 64.2 Å². The van der Waals surface area contributed by atoms with Gasteiger partial charge in [-0.25, -0.2) is 4.79 Å². The van der Waals surface area contributed by atoms with E-state index in [1.807, 2.05) is 13.8 Å². The van der Waals surface area contributed by atoms with Crippen molar-refractivity contribution in [1.82, 2.24) is 5.32 Å². The number of aliphatic hydroxyl groups excluding tert-OH is 1. The minimum absolute atomic E-state index is 0.0165. The average molecular weight is 722 g/mol. The van der Waals surface area contributed by atoms with E-state index in [9.17, 15) is 14.4 Å². The molecule has 0 aromatic heterocycles. The van der Waals surface area contributed by atoms with Crippen LogP contribution in [0.2, 0.25) is 20.1 Å². The van der Waals surface area contributed by atoms with Crippen LogP contribution in [0.4, 0.5) is 0 Å². The number of halogens is 4. The maximum absolute atomic E-state index is 13.7. The molecule has 1 atom stereocenters. The summed E-state index contributed by atoms with van der Waals surface area (Å²) in [5, 5.41) is 12.8. The van der Waals surface area contributed by atoms with Gasteiger partial charge in [-0.15, -0.1) is 0 Å². The molecule has 5 rings (SSSR count). The van der Waals surface area contributed by atoms with Crippen LogP contribution in [0.5, 0.6) is 5.75 Å². The van der Waals surface area contributed by atoms with Crippen LogP contribution in [0.3, 0.4) is 0 Å². The third-order valence-corrected chi connectivity index (χ3v) is 10.4. The van der Waals surface area contributed by atoms with Gasteiger partial charge in [-0.1, -0.05) is 73.1 Å². The van der Waals surface area contributed by atoms with Gasteiger partial charge in [0, 0.05) is 50.9 Å². The number of carbonyl (C=O) groups is 3. The molecule has 1 heterocycles. The average Bonchev–Trinajstić information content (AvgIpc) is 3.29. The molecule has 47 heavy (non-hydrogen) atoms. The quantitative estimate of drug-likeness (QED) is 0.137. The second-order valence-corrected chi connectivity index (χ2v) is 15.2. The highest BCUT2D eigenvalue weighted by Gasteiger charge is 2.58. The van der Waals surface area contributed by atoms with Crippen molar-refractivity contribution in [2.24, 2.45) is 5.41 Å². The van der Waals surface area contributed by atoms with Gasteiger partial charge in [-0.05, 0) is 87.6 Å². The molecule has 1 spiro atoms. The highest BCUT2D eigenvalue weighted by Crippen LogP contribution is 2.62. The summed E-state index contributed by atoms with van der Waals surface area (Å²) in [5.41, 5.74) is 0.242. The number of carbonyl (C=O) groups excluding carboxylic acids is 3. The first kappa shape index (κ1) is 35.5. The molecule has 2 aliphatic rings. The molecule has 1 aliphatic carbocycles. The Morgan fingerprint density at radius 3 is 2.15 bits per heavy atom. The number of rotatable bonds is 8. The number of unbranched alkanes of at least 4 members (excludes halogenated alkanes) is 3. The van der Waals surface area contributed by atoms with Crippen molar-refractivity contribution < 1.29 is 29.0 Å². The van der Waals surface area contributed by atoms with Gasteiger partial charge in [-0.2, -0.15) is 0 Å². The zero-order chi connectivity index (χ0) is 34.6. The molecule has 1 amide bonds. The Morgan fingerprint density at radius 2 is 1.51 bits per heavy atom. The van der Waals surface area contributed by atoms with Crippen LogP contribution in [0.1, 0.15) is 114 Å². The molecule has 7 nitrogen and oxygen atoms in total. The van der Waals surface area contributed by atoms with E-state index < -0.39 is 28.4 Å². The molecule has 11 heteroatoms.